The molecule has 0 spiro atoms. The summed E-state index contributed by atoms with van der Waals surface area (Å²) >= 11 is 0. The predicted octanol–water partition coefficient (Wildman–Crippen LogP) is 3.96. The van der Waals surface area contributed by atoms with Gasteiger partial charge in [-0.1, -0.05) is 42.5 Å². The summed E-state index contributed by atoms with van der Waals surface area (Å²) in [4.78, 5) is 20.8. The van der Waals surface area contributed by atoms with Gasteiger partial charge in [-0.05, 0) is 36.6 Å². The Morgan fingerprint density at radius 3 is 2.44 bits per heavy atom. The van der Waals surface area contributed by atoms with Crippen LogP contribution in [0.1, 0.15) is 27.0 Å². The van der Waals surface area contributed by atoms with Crippen molar-refractivity contribution in [3.8, 4) is 0 Å². The van der Waals surface area contributed by atoms with Crippen molar-refractivity contribution < 1.29 is 4.79 Å². The Morgan fingerprint density at radius 1 is 1.00 bits per heavy atom. The van der Waals surface area contributed by atoms with E-state index in [4.69, 9.17) is 0 Å². The third-order valence-corrected chi connectivity index (χ3v) is 3.85. The van der Waals surface area contributed by atoms with Gasteiger partial charge in [-0.3, -0.25) is 4.79 Å². The molecule has 0 saturated carbocycles. The van der Waals surface area contributed by atoms with Crippen LogP contribution < -0.4 is 10.6 Å². The van der Waals surface area contributed by atoms with Gasteiger partial charge in [0.2, 0.25) is 5.95 Å². The molecule has 0 saturated heterocycles. The number of carbonyl (C=O) groups excluding carboxylic acids is 1. The van der Waals surface area contributed by atoms with E-state index in [2.05, 4.69) is 20.6 Å². The average molecular weight is 332 g/mol. The van der Waals surface area contributed by atoms with Crippen molar-refractivity contribution in [3.63, 3.8) is 0 Å². The van der Waals surface area contributed by atoms with Crippen molar-refractivity contribution in [2.75, 3.05) is 10.6 Å². The van der Waals surface area contributed by atoms with E-state index in [1.54, 1.807) is 0 Å². The number of anilines is 2. The van der Waals surface area contributed by atoms with Crippen LogP contribution in [0.15, 0.2) is 60.9 Å². The Balaban J connectivity index is 1.63. The molecule has 1 aromatic heterocycles. The van der Waals surface area contributed by atoms with Gasteiger partial charge in [0.25, 0.3) is 5.91 Å². The maximum absolute atomic E-state index is 12.4. The summed E-state index contributed by atoms with van der Waals surface area (Å²) in [5.74, 6) is 0.274. The molecule has 0 atom stereocenters. The summed E-state index contributed by atoms with van der Waals surface area (Å²) in [6.45, 7) is 4.59. The van der Waals surface area contributed by atoms with E-state index in [1.807, 2.05) is 62.4 Å². The van der Waals surface area contributed by atoms with Crippen molar-refractivity contribution in [1.82, 2.24) is 9.97 Å². The summed E-state index contributed by atoms with van der Waals surface area (Å²) in [6.07, 6.45) is 3.06. The van der Waals surface area contributed by atoms with Gasteiger partial charge < -0.3 is 10.6 Å². The highest BCUT2D eigenvalue weighted by atomic mass is 16.1. The first-order chi connectivity index (χ1) is 12.1. The largest absolute Gasteiger partial charge is 0.350 e. The van der Waals surface area contributed by atoms with Gasteiger partial charge in [0.1, 0.15) is 0 Å². The topological polar surface area (TPSA) is 66.9 Å². The second kappa shape index (κ2) is 7.57. The maximum Gasteiger partial charge on any atom is 0.258 e. The summed E-state index contributed by atoms with van der Waals surface area (Å²) < 4.78 is 0. The van der Waals surface area contributed by atoms with Crippen LogP contribution in [0.25, 0.3) is 0 Å². The highest BCUT2D eigenvalue weighted by Gasteiger charge is 2.09. The predicted molar refractivity (Wildman–Crippen MR) is 99.7 cm³/mol. The zero-order valence-corrected chi connectivity index (χ0v) is 14.3. The number of amides is 1. The molecule has 25 heavy (non-hydrogen) atoms. The van der Waals surface area contributed by atoms with Gasteiger partial charge in [-0.15, -0.1) is 0 Å². The standard InChI is InChI=1S/C20H20N4O/c1-14-8-9-15(2)18(10-14)24-19(25)17-12-22-20(23-13-17)21-11-16-6-4-3-5-7-16/h3-10,12-13H,11H2,1-2H3,(H,24,25)(H,21,22,23). The lowest BCUT2D eigenvalue weighted by Crippen LogP contribution is -2.14. The molecule has 0 fully saturated rings. The molecular formula is C20H20N4O. The van der Waals surface area contributed by atoms with Gasteiger partial charge >= 0.3 is 0 Å². The lowest BCUT2D eigenvalue weighted by Gasteiger charge is -2.09. The number of nitrogens with zero attached hydrogens (tertiary/aromatic N) is 2. The summed E-state index contributed by atoms with van der Waals surface area (Å²) in [5, 5.41) is 6.04. The van der Waals surface area contributed by atoms with E-state index in [-0.39, 0.29) is 5.91 Å². The lowest BCUT2D eigenvalue weighted by molar-refractivity contribution is 0.102. The van der Waals surface area contributed by atoms with Crippen LogP contribution in [0, 0.1) is 13.8 Å². The SMILES string of the molecule is Cc1ccc(C)c(NC(=O)c2cnc(NCc3ccccc3)nc2)c1. The number of aromatic nitrogens is 2. The van der Waals surface area contributed by atoms with E-state index < -0.39 is 0 Å². The van der Waals surface area contributed by atoms with Gasteiger partial charge in [-0.2, -0.15) is 0 Å². The smallest absolute Gasteiger partial charge is 0.258 e. The normalized spacial score (nSPS) is 10.3. The molecule has 126 valence electrons. The quantitative estimate of drug-likeness (QED) is 0.742. The lowest BCUT2D eigenvalue weighted by atomic mass is 10.1. The third-order valence-electron chi connectivity index (χ3n) is 3.85. The van der Waals surface area contributed by atoms with Crippen molar-refractivity contribution in [1.29, 1.82) is 0 Å². The average Bonchev–Trinajstić information content (AvgIpc) is 2.64. The minimum absolute atomic E-state index is 0.219. The molecule has 3 rings (SSSR count). The molecule has 0 unspecified atom stereocenters. The molecule has 0 radical (unpaired) electrons. The molecule has 5 nitrogen and oxygen atoms in total. The first kappa shape index (κ1) is 16.6. The van der Waals surface area contributed by atoms with Crippen LogP contribution in [0.4, 0.5) is 11.6 Å². The number of rotatable bonds is 5. The minimum atomic E-state index is -0.219. The molecule has 1 heterocycles. The van der Waals surface area contributed by atoms with E-state index in [0.717, 1.165) is 22.4 Å². The molecular weight excluding hydrogens is 312 g/mol. The van der Waals surface area contributed by atoms with Crippen LogP contribution in [-0.4, -0.2) is 15.9 Å². The van der Waals surface area contributed by atoms with Crippen molar-refractivity contribution in [2.45, 2.75) is 20.4 Å². The Morgan fingerprint density at radius 2 is 1.72 bits per heavy atom. The highest BCUT2D eigenvalue weighted by Crippen LogP contribution is 2.17. The zero-order chi connectivity index (χ0) is 17.6. The second-order valence-electron chi connectivity index (χ2n) is 5.91. The van der Waals surface area contributed by atoms with Gasteiger partial charge in [0, 0.05) is 24.6 Å². The summed E-state index contributed by atoms with van der Waals surface area (Å²) in [7, 11) is 0. The molecule has 3 aromatic rings. The molecule has 1 amide bonds. The van der Waals surface area contributed by atoms with Crippen LogP contribution in [0.5, 0.6) is 0 Å². The van der Waals surface area contributed by atoms with E-state index in [9.17, 15) is 4.79 Å². The Labute approximate surface area is 147 Å². The molecule has 0 aliphatic heterocycles. The monoisotopic (exact) mass is 332 g/mol. The number of aryl methyl sites for hydroxylation is 2. The molecule has 0 aliphatic carbocycles. The van der Waals surface area contributed by atoms with Crippen molar-refractivity contribution >= 4 is 17.5 Å². The van der Waals surface area contributed by atoms with Gasteiger partial charge in [-0.25, -0.2) is 9.97 Å². The summed E-state index contributed by atoms with van der Waals surface area (Å²) in [6, 6.07) is 15.9. The Bertz CT molecular complexity index is 861. The highest BCUT2D eigenvalue weighted by molar-refractivity contribution is 6.04. The Kier molecular flexibility index (Phi) is 5.04. The number of hydrogen-bond donors (Lipinski definition) is 2. The fraction of sp³-hybridized carbons (Fsp3) is 0.150. The third kappa shape index (κ3) is 4.41. The first-order valence-corrected chi connectivity index (χ1v) is 8.10. The molecule has 0 aliphatic rings. The van der Waals surface area contributed by atoms with Crippen LogP contribution in [-0.2, 0) is 6.54 Å². The number of carbonyl (C=O) groups is 1. The van der Waals surface area contributed by atoms with Crippen LogP contribution in [0.2, 0.25) is 0 Å². The van der Waals surface area contributed by atoms with Crippen LogP contribution >= 0.6 is 0 Å². The molecule has 2 N–H and O–H groups in total. The minimum Gasteiger partial charge on any atom is -0.350 e. The molecule has 0 bridgehead atoms. The Hall–Kier alpha value is -3.21. The van der Waals surface area contributed by atoms with Gasteiger partial charge in [0.05, 0.1) is 5.56 Å². The van der Waals surface area contributed by atoms with Crippen molar-refractivity contribution in [3.05, 3.63) is 83.2 Å². The van der Waals surface area contributed by atoms with Crippen LogP contribution in [0.3, 0.4) is 0 Å². The van der Waals surface area contributed by atoms with E-state index in [1.165, 1.54) is 12.4 Å². The number of benzene rings is 2. The van der Waals surface area contributed by atoms with Crippen molar-refractivity contribution in [2.24, 2.45) is 0 Å². The molecule has 5 heteroatoms. The fourth-order valence-electron chi connectivity index (χ4n) is 2.38. The molecule has 2 aromatic carbocycles. The number of nitrogens with one attached hydrogen (secondary N) is 2. The first-order valence-electron chi connectivity index (χ1n) is 8.10. The second-order valence-corrected chi connectivity index (χ2v) is 5.91. The zero-order valence-electron chi connectivity index (χ0n) is 14.3. The number of hydrogen-bond acceptors (Lipinski definition) is 4. The fourth-order valence-corrected chi connectivity index (χ4v) is 2.38. The van der Waals surface area contributed by atoms with E-state index in [0.29, 0.717) is 18.1 Å². The maximum atomic E-state index is 12.4. The van der Waals surface area contributed by atoms with E-state index >= 15 is 0 Å². The summed E-state index contributed by atoms with van der Waals surface area (Å²) in [5.41, 5.74) is 4.48. The van der Waals surface area contributed by atoms with Gasteiger partial charge in [0.15, 0.2) is 0 Å².